The van der Waals surface area contributed by atoms with E-state index in [1.807, 2.05) is 36.4 Å². The van der Waals surface area contributed by atoms with Gasteiger partial charge in [-0.1, -0.05) is 83.9 Å². The lowest BCUT2D eigenvalue weighted by atomic mass is 9.81. The molecule has 2 aromatic carbocycles. The van der Waals surface area contributed by atoms with Crippen molar-refractivity contribution in [1.29, 1.82) is 0 Å². The maximum atomic E-state index is 12.5. The highest BCUT2D eigenvalue weighted by Crippen LogP contribution is 2.35. The molecule has 1 amide bonds. The molecule has 1 saturated heterocycles. The van der Waals surface area contributed by atoms with E-state index >= 15 is 0 Å². The summed E-state index contributed by atoms with van der Waals surface area (Å²) in [6.45, 7) is 2.10. The Kier molecular flexibility index (Phi) is 12.6. The van der Waals surface area contributed by atoms with Crippen LogP contribution < -0.4 is 15.7 Å². The molecule has 0 aliphatic carbocycles. The number of pyridine rings is 1. The minimum Gasteiger partial charge on any atom is -0.445 e. The van der Waals surface area contributed by atoms with Crippen LogP contribution in [0.1, 0.15) is 31.2 Å². The largest absolute Gasteiger partial charge is 0.488 e. The van der Waals surface area contributed by atoms with Gasteiger partial charge in [-0.15, -0.1) is 0 Å². The number of rotatable bonds is 9. The molecule has 3 aromatic rings. The van der Waals surface area contributed by atoms with E-state index in [2.05, 4.69) is 15.2 Å². The average molecular weight is 572 g/mol. The molecular weight excluding hydrogens is 540 g/mol. The molecule has 0 bridgehead atoms. The Labute approximate surface area is 239 Å². The quantitative estimate of drug-likeness (QED) is 0.260. The van der Waals surface area contributed by atoms with E-state index in [0.29, 0.717) is 34.9 Å². The number of anilines is 1. The number of nitrogens with one attached hydrogen (secondary N) is 1. The van der Waals surface area contributed by atoms with Crippen molar-refractivity contribution in [3.8, 4) is 0 Å². The highest BCUT2D eigenvalue weighted by molar-refractivity contribution is 6.58. The van der Waals surface area contributed by atoms with Crippen LogP contribution in [0.3, 0.4) is 0 Å². The summed E-state index contributed by atoms with van der Waals surface area (Å²) in [5.74, 6) is 0.270. The van der Waals surface area contributed by atoms with Crippen molar-refractivity contribution < 1.29 is 24.4 Å². The van der Waals surface area contributed by atoms with Gasteiger partial charge in [0.15, 0.2) is 0 Å². The van der Waals surface area contributed by atoms with Gasteiger partial charge in [-0.25, -0.2) is 4.79 Å². The van der Waals surface area contributed by atoms with Gasteiger partial charge in [0.25, 0.3) is 0 Å². The van der Waals surface area contributed by atoms with Crippen LogP contribution in [-0.4, -0.2) is 53.7 Å². The second kappa shape index (κ2) is 16.1. The van der Waals surface area contributed by atoms with Crippen molar-refractivity contribution in [1.82, 2.24) is 10.3 Å². The fraction of sp³-hybridized carbons (Fsp3) is 0.321. The second-order valence-corrected chi connectivity index (χ2v) is 9.87. The average Bonchev–Trinajstić information content (AvgIpc) is 2.96. The number of amides is 1. The number of piperidine rings is 1. The smallest absolute Gasteiger partial charge is 0.445 e. The number of alkyl carbamates (subject to hydrolysis) is 1. The number of aromatic nitrogens is 1. The van der Waals surface area contributed by atoms with Crippen molar-refractivity contribution in [2.45, 2.75) is 32.3 Å². The van der Waals surface area contributed by atoms with Crippen LogP contribution in [-0.2, 0) is 16.1 Å². The minimum atomic E-state index is -1.34. The van der Waals surface area contributed by atoms with Crippen molar-refractivity contribution in [3.05, 3.63) is 88.7 Å². The summed E-state index contributed by atoms with van der Waals surface area (Å²) in [7, 11) is -1.34. The van der Waals surface area contributed by atoms with Crippen LogP contribution in [0, 0.1) is 5.92 Å². The van der Waals surface area contributed by atoms with Crippen molar-refractivity contribution in [2.24, 2.45) is 5.92 Å². The summed E-state index contributed by atoms with van der Waals surface area (Å²) in [6.07, 6.45) is 5.27. The minimum absolute atomic E-state index is 0.0330. The first kappa shape index (κ1) is 30.4. The summed E-state index contributed by atoms with van der Waals surface area (Å²) in [5, 5.41) is 20.9. The van der Waals surface area contributed by atoms with Gasteiger partial charge < -0.3 is 25.0 Å². The molecule has 206 valence electrons. The molecule has 8 nitrogen and oxygen atoms in total. The number of benzene rings is 2. The molecule has 2 heterocycles. The molecule has 0 radical (unpaired) electrons. The van der Waals surface area contributed by atoms with Gasteiger partial charge in [-0.3, -0.25) is 9.78 Å². The molecule has 1 fully saturated rings. The first-order chi connectivity index (χ1) is 18.8. The Bertz CT molecular complexity index is 1160. The Morgan fingerprint density at radius 2 is 1.56 bits per heavy atom. The number of Topliss-reactive ketones (excluding diaryl/α,β-unsaturated/α-hetero) is 1. The van der Waals surface area contributed by atoms with Gasteiger partial charge in [-0.05, 0) is 30.3 Å². The standard InChI is InChI=1S/C22H25Cl2N3O3.C6H7BO2/c23-18-13-25-14-19(24)21(18)27-11-8-17(9-12-27)20(28)7-4-10-26-22(29)30-15-16-5-2-1-3-6-16;8-7(9)6-4-2-1-3-5-6/h1-3,5-6,13-14,17H,4,7-12,15H2,(H,26,29);1-5,8-9H. The van der Waals surface area contributed by atoms with E-state index < -0.39 is 13.2 Å². The van der Waals surface area contributed by atoms with Gasteiger partial charge in [0, 0.05) is 44.4 Å². The Morgan fingerprint density at radius 1 is 0.974 bits per heavy atom. The molecule has 0 saturated carbocycles. The van der Waals surface area contributed by atoms with E-state index in [0.717, 1.165) is 37.2 Å². The van der Waals surface area contributed by atoms with Gasteiger partial charge in [0.05, 0.1) is 15.7 Å². The molecule has 0 unspecified atom stereocenters. The highest BCUT2D eigenvalue weighted by Gasteiger charge is 2.26. The van der Waals surface area contributed by atoms with Crippen LogP contribution >= 0.6 is 23.2 Å². The number of hydrogen-bond donors (Lipinski definition) is 3. The Balaban J connectivity index is 0.000000395. The molecule has 1 aliphatic rings. The van der Waals surface area contributed by atoms with Gasteiger partial charge in [0.1, 0.15) is 12.4 Å². The molecule has 39 heavy (non-hydrogen) atoms. The third kappa shape index (κ3) is 10.2. The first-order valence-electron chi connectivity index (χ1n) is 12.8. The summed E-state index contributed by atoms with van der Waals surface area (Å²) in [5.41, 5.74) is 2.25. The van der Waals surface area contributed by atoms with Gasteiger partial charge in [0.2, 0.25) is 0 Å². The SMILES string of the molecule is O=C(NCCCC(=O)C1CCN(c2c(Cl)cncc2Cl)CC1)OCc1ccccc1.OB(O)c1ccccc1. The molecule has 11 heteroatoms. The molecule has 1 aliphatic heterocycles. The van der Waals surface area contributed by atoms with Crippen LogP contribution in [0.15, 0.2) is 73.1 Å². The zero-order chi connectivity index (χ0) is 28.0. The topological polar surface area (TPSA) is 112 Å². The van der Waals surface area contributed by atoms with Gasteiger partial charge in [-0.2, -0.15) is 0 Å². The summed E-state index contributed by atoms with van der Waals surface area (Å²) in [4.78, 5) is 30.3. The molecule has 3 N–H and O–H groups in total. The van der Waals surface area contributed by atoms with Crippen LogP contribution in [0.25, 0.3) is 0 Å². The summed E-state index contributed by atoms with van der Waals surface area (Å²) >= 11 is 12.5. The Hall–Kier alpha value is -3.11. The maximum Gasteiger partial charge on any atom is 0.488 e. The molecule has 0 atom stereocenters. The van der Waals surface area contributed by atoms with Crippen LogP contribution in [0.4, 0.5) is 10.5 Å². The molecule has 0 spiro atoms. The lowest BCUT2D eigenvalue weighted by Crippen LogP contribution is -2.37. The third-order valence-corrected chi connectivity index (χ3v) is 6.83. The zero-order valence-electron chi connectivity index (χ0n) is 21.5. The Morgan fingerprint density at radius 3 is 2.13 bits per heavy atom. The monoisotopic (exact) mass is 571 g/mol. The number of ketones is 1. The van der Waals surface area contributed by atoms with Crippen LogP contribution in [0.2, 0.25) is 10.0 Å². The molecule has 4 rings (SSSR count). The summed E-state index contributed by atoms with van der Waals surface area (Å²) < 4.78 is 5.16. The number of ether oxygens (including phenoxy) is 1. The van der Waals surface area contributed by atoms with E-state index in [-0.39, 0.29) is 18.3 Å². The molecule has 1 aromatic heterocycles. The number of carbonyl (C=O) groups excluding carboxylic acids is 2. The van der Waals surface area contributed by atoms with Crippen molar-refractivity contribution in [3.63, 3.8) is 0 Å². The number of hydrogen-bond acceptors (Lipinski definition) is 7. The highest BCUT2D eigenvalue weighted by atomic mass is 35.5. The molecular formula is C28H32BCl2N3O5. The van der Waals surface area contributed by atoms with Crippen molar-refractivity contribution >= 4 is 53.3 Å². The predicted molar refractivity (Wildman–Crippen MR) is 154 cm³/mol. The van der Waals surface area contributed by atoms with Crippen LogP contribution in [0.5, 0.6) is 0 Å². The first-order valence-corrected chi connectivity index (χ1v) is 13.5. The van der Waals surface area contributed by atoms with E-state index in [1.165, 1.54) is 0 Å². The maximum absolute atomic E-state index is 12.5. The second-order valence-electron chi connectivity index (χ2n) is 9.06. The number of carbonyl (C=O) groups is 2. The van der Waals surface area contributed by atoms with E-state index in [1.54, 1.807) is 36.7 Å². The van der Waals surface area contributed by atoms with Crippen molar-refractivity contribution in [2.75, 3.05) is 24.5 Å². The number of halogens is 2. The normalized spacial score (nSPS) is 13.2. The lowest BCUT2D eigenvalue weighted by Gasteiger charge is -2.33. The fourth-order valence-electron chi connectivity index (χ4n) is 4.19. The van der Waals surface area contributed by atoms with E-state index in [4.69, 9.17) is 38.0 Å². The lowest BCUT2D eigenvalue weighted by molar-refractivity contribution is -0.123. The third-order valence-electron chi connectivity index (χ3n) is 6.27. The van der Waals surface area contributed by atoms with E-state index in [9.17, 15) is 9.59 Å². The fourth-order valence-corrected chi connectivity index (χ4v) is 4.79. The summed E-state index contributed by atoms with van der Waals surface area (Å²) in [6, 6.07) is 18.2. The predicted octanol–water partition coefficient (Wildman–Crippen LogP) is 4.25. The number of nitrogens with zero attached hydrogens (tertiary/aromatic N) is 2. The zero-order valence-corrected chi connectivity index (χ0v) is 23.0. The van der Waals surface area contributed by atoms with Gasteiger partial charge >= 0.3 is 13.2 Å².